The first-order chi connectivity index (χ1) is 7.09. The Morgan fingerprint density at radius 3 is 2.93 bits per heavy atom. The first-order valence-corrected chi connectivity index (χ1v) is 5.40. The number of hydrogen-bond acceptors (Lipinski definition) is 3. The van der Waals surface area contributed by atoms with Crippen molar-refractivity contribution in [1.82, 2.24) is 15.1 Å². The monoisotopic (exact) mass is 269 g/mol. The van der Waals surface area contributed by atoms with Gasteiger partial charge in [0, 0.05) is 31.0 Å². The van der Waals surface area contributed by atoms with E-state index in [0.717, 1.165) is 4.48 Å². The maximum atomic E-state index is 11.7. The second-order valence-corrected chi connectivity index (χ2v) is 4.55. The zero-order valence-electron chi connectivity index (χ0n) is 8.57. The Balaban J connectivity index is 2.18. The molecule has 1 N–H and O–H groups in total. The van der Waals surface area contributed by atoms with Gasteiger partial charge in [0.1, 0.15) is 11.9 Å². The SMILES string of the molecule is CN(C)C(=O)C1=CN2C=CC=C(Br)[C@@H]2N1. The lowest BCUT2D eigenvalue weighted by atomic mass is 10.3. The van der Waals surface area contributed by atoms with E-state index in [9.17, 15) is 4.79 Å². The Morgan fingerprint density at radius 1 is 1.60 bits per heavy atom. The molecule has 0 bridgehead atoms. The second kappa shape index (κ2) is 3.73. The summed E-state index contributed by atoms with van der Waals surface area (Å²) in [5, 5.41) is 3.15. The molecule has 0 aromatic carbocycles. The fraction of sp³-hybridized carbons (Fsp3) is 0.300. The Kier molecular flexibility index (Phi) is 2.56. The summed E-state index contributed by atoms with van der Waals surface area (Å²) in [5.41, 5.74) is 0.613. The second-order valence-electron chi connectivity index (χ2n) is 3.63. The van der Waals surface area contributed by atoms with Crippen LogP contribution in [0, 0.1) is 0 Å². The molecule has 0 saturated heterocycles. The van der Waals surface area contributed by atoms with E-state index in [0.29, 0.717) is 5.70 Å². The van der Waals surface area contributed by atoms with Gasteiger partial charge in [-0.15, -0.1) is 0 Å². The summed E-state index contributed by atoms with van der Waals surface area (Å²) in [5.74, 6) is -0.0156. The molecule has 0 unspecified atom stereocenters. The molecule has 0 radical (unpaired) electrons. The lowest BCUT2D eigenvalue weighted by Crippen LogP contribution is -2.37. The lowest BCUT2D eigenvalue weighted by molar-refractivity contribution is -0.125. The number of halogens is 1. The molecule has 0 saturated carbocycles. The molecule has 2 aliphatic rings. The van der Waals surface area contributed by atoms with Crippen LogP contribution in [0.15, 0.2) is 34.7 Å². The third-order valence-corrected chi connectivity index (χ3v) is 2.98. The first-order valence-electron chi connectivity index (χ1n) is 4.61. The van der Waals surface area contributed by atoms with Crippen LogP contribution in [-0.2, 0) is 4.79 Å². The van der Waals surface area contributed by atoms with Crippen molar-refractivity contribution in [2.75, 3.05) is 14.1 Å². The molecule has 0 aromatic rings. The van der Waals surface area contributed by atoms with Gasteiger partial charge in [-0.05, 0) is 12.2 Å². The molecule has 2 aliphatic heterocycles. The van der Waals surface area contributed by atoms with Crippen molar-refractivity contribution in [2.24, 2.45) is 0 Å². The van der Waals surface area contributed by atoms with E-state index in [1.807, 2.05) is 29.5 Å². The summed E-state index contributed by atoms with van der Waals surface area (Å²) in [6.45, 7) is 0. The fourth-order valence-electron chi connectivity index (χ4n) is 1.51. The van der Waals surface area contributed by atoms with Crippen molar-refractivity contribution in [3.8, 4) is 0 Å². The summed E-state index contributed by atoms with van der Waals surface area (Å²) < 4.78 is 1.02. The van der Waals surface area contributed by atoms with Crippen LogP contribution in [0.2, 0.25) is 0 Å². The van der Waals surface area contributed by atoms with Gasteiger partial charge in [0.2, 0.25) is 0 Å². The number of nitrogens with zero attached hydrogens (tertiary/aromatic N) is 2. The zero-order valence-corrected chi connectivity index (χ0v) is 10.2. The van der Waals surface area contributed by atoms with Gasteiger partial charge in [0.05, 0.1) is 0 Å². The molecule has 5 heteroatoms. The van der Waals surface area contributed by atoms with E-state index in [2.05, 4.69) is 21.2 Å². The lowest BCUT2D eigenvalue weighted by Gasteiger charge is -2.24. The van der Waals surface area contributed by atoms with Gasteiger partial charge in [-0.2, -0.15) is 0 Å². The van der Waals surface area contributed by atoms with Gasteiger partial charge in [-0.1, -0.05) is 15.9 Å². The van der Waals surface area contributed by atoms with Crippen molar-refractivity contribution in [2.45, 2.75) is 6.17 Å². The maximum absolute atomic E-state index is 11.7. The molecule has 2 heterocycles. The predicted octanol–water partition coefficient (Wildman–Crippen LogP) is 0.953. The summed E-state index contributed by atoms with van der Waals surface area (Å²) in [6, 6.07) is 0. The minimum absolute atomic E-state index is 0.0156. The molecule has 1 atom stereocenters. The van der Waals surface area contributed by atoms with Crippen molar-refractivity contribution in [3.63, 3.8) is 0 Å². The molecule has 1 amide bonds. The van der Waals surface area contributed by atoms with Crippen LogP contribution in [-0.4, -0.2) is 36.0 Å². The normalized spacial score (nSPS) is 22.9. The molecule has 0 aromatic heterocycles. The van der Waals surface area contributed by atoms with E-state index in [-0.39, 0.29) is 12.1 Å². The average molecular weight is 270 g/mol. The Bertz CT molecular complexity index is 384. The van der Waals surface area contributed by atoms with E-state index in [1.165, 1.54) is 0 Å². The van der Waals surface area contributed by atoms with Crippen LogP contribution in [0.3, 0.4) is 0 Å². The van der Waals surface area contributed by atoms with Crippen LogP contribution >= 0.6 is 15.9 Å². The number of amides is 1. The highest BCUT2D eigenvalue weighted by Crippen LogP contribution is 2.25. The molecule has 0 spiro atoms. The van der Waals surface area contributed by atoms with Crippen molar-refractivity contribution < 1.29 is 4.79 Å². The van der Waals surface area contributed by atoms with Gasteiger partial charge in [0.15, 0.2) is 0 Å². The summed E-state index contributed by atoms with van der Waals surface area (Å²) in [6.07, 6.45) is 7.66. The molecule has 80 valence electrons. The molecule has 0 aliphatic carbocycles. The number of rotatable bonds is 1. The largest absolute Gasteiger partial charge is 0.355 e. The van der Waals surface area contributed by atoms with E-state index >= 15 is 0 Å². The van der Waals surface area contributed by atoms with Gasteiger partial charge < -0.3 is 15.1 Å². The van der Waals surface area contributed by atoms with Gasteiger partial charge in [-0.25, -0.2) is 0 Å². The number of carbonyl (C=O) groups is 1. The molecule has 4 nitrogen and oxygen atoms in total. The minimum atomic E-state index is -0.0156. The standard InChI is InChI=1S/C10H12BrN3O/c1-13(2)10(15)8-6-14-5-3-4-7(11)9(14)12-8/h3-6,9,12H,1-2H3/t9-/m1/s1. The minimum Gasteiger partial charge on any atom is -0.355 e. The van der Waals surface area contributed by atoms with Crippen molar-refractivity contribution >= 4 is 21.8 Å². The predicted molar refractivity (Wildman–Crippen MR) is 61.7 cm³/mol. The van der Waals surface area contributed by atoms with Crippen LogP contribution in [0.1, 0.15) is 0 Å². The van der Waals surface area contributed by atoms with Crippen LogP contribution in [0.4, 0.5) is 0 Å². The maximum Gasteiger partial charge on any atom is 0.271 e. The van der Waals surface area contributed by atoms with E-state index in [1.54, 1.807) is 19.0 Å². The number of likely N-dealkylation sites (N-methyl/N-ethyl adjacent to an activating group) is 1. The van der Waals surface area contributed by atoms with Gasteiger partial charge >= 0.3 is 0 Å². The highest BCUT2D eigenvalue weighted by molar-refractivity contribution is 9.11. The Hall–Kier alpha value is -1.23. The average Bonchev–Trinajstić information content (AvgIpc) is 2.61. The van der Waals surface area contributed by atoms with Crippen molar-refractivity contribution in [3.05, 3.63) is 34.7 Å². The number of allylic oxidation sites excluding steroid dienone is 2. The van der Waals surface area contributed by atoms with E-state index < -0.39 is 0 Å². The summed E-state index contributed by atoms with van der Waals surface area (Å²) >= 11 is 3.46. The fourth-order valence-corrected chi connectivity index (χ4v) is 2.01. The van der Waals surface area contributed by atoms with Crippen molar-refractivity contribution in [1.29, 1.82) is 0 Å². The number of nitrogens with one attached hydrogen (secondary N) is 1. The van der Waals surface area contributed by atoms with E-state index in [4.69, 9.17) is 0 Å². The van der Waals surface area contributed by atoms with Gasteiger partial charge in [-0.3, -0.25) is 4.79 Å². The van der Waals surface area contributed by atoms with Crippen LogP contribution < -0.4 is 5.32 Å². The number of hydrogen-bond donors (Lipinski definition) is 1. The quantitative estimate of drug-likeness (QED) is 0.770. The highest BCUT2D eigenvalue weighted by atomic mass is 79.9. The summed E-state index contributed by atoms with van der Waals surface area (Å²) in [7, 11) is 3.48. The highest BCUT2D eigenvalue weighted by Gasteiger charge is 2.29. The molecule has 0 fully saturated rings. The van der Waals surface area contributed by atoms with Crippen LogP contribution in [0.5, 0.6) is 0 Å². The summed E-state index contributed by atoms with van der Waals surface area (Å²) in [4.78, 5) is 15.2. The first kappa shape index (κ1) is 10.3. The topological polar surface area (TPSA) is 35.6 Å². The molecule has 15 heavy (non-hydrogen) atoms. The molecular formula is C10H12BrN3O. The number of fused-ring (bicyclic) bond motifs is 1. The number of carbonyl (C=O) groups excluding carboxylic acids is 1. The third-order valence-electron chi connectivity index (χ3n) is 2.28. The van der Waals surface area contributed by atoms with Gasteiger partial charge in [0.25, 0.3) is 5.91 Å². The molecular weight excluding hydrogens is 258 g/mol. The zero-order chi connectivity index (χ0) is 11.0. The third kappa shape index (κ3) is 1.79. The Labute approximate surface area is 97.0 Å². The van der Waals surface area contributed by atoms with Crippen LogP contribution in [0.25, 0.3) is 0 Å². The smallest absolute Gasteiger partial charge is 0.271 e. The Morgan fingerprint density at radius 2 is 2.33 bits per heavy atom. The molecule has 2 rings (SSSR count).